The Labute approximate surface area is 59.2 Å². The molecule has 0 amide bonds. The number of aromatic nitrogens is 3. The molecule has 1 heterocycles. The van der Waals surface area contributed by atoms with Crippen molar-refractivity contribution in [3.05, 3.63) is 24.8 Å². The van der Waals surface area contributed by atoms with Gasteiger partial charge in [-0.15, -0.1) is 6.58 Å². The minimum atomic E-state index is -0.0972. The maximum Gasteiger partial charge on any atom is 0.141 e. The lowest BCUT2D eigenvalue weighted by molar-refractivity contribution is 0.686. The van der Waals surface area contributed by atoms with Gasteiger partial charge in [0.15, 0.2) is 0 Å². The lowest BCUT2D eigenvalue weighted by Gasteiger charge is -2.01. The van der Waals surface area contributed by atoms with Gasteiger partial charge in [0.2, 0.25) is 0 Å². The van der Waals surface area contributed by atoms with E-state index in [9.17, 15) is 0 Å². The molecule has 0 saturated heterocycles. The van der Waals surface area contributed by atoms with Gasteiger partial charge in [-0.05, 0) is 6.42 Å². The minimum Gasteiger partial charge on any atom is -0.321 e. The first-order valence-electron chi connectivity index (χ1n) is 3.06. The second kappa shape index (κ2) is 3.12. The number of hydrogen-bond donors (Lipinski definition) is 2. The average Bonchev–Trinajstić information content (AvgIpc) is 2.38. The van der Waals surface area contributed by atoms with Gasteiger partial charge in [-0.25, -0.2) is 4.98 Å². The molecule has 0 aliphatic carbocycles. The molecule has 1 aromatic rings. The molecular formula is C6H10N4. The van der Waals surface area contributed by atoms with Crippen LogP contribution in [0, 0.1) is 0 Å². The summed E-state index contributed by atoms with van der Waals surface area (Å²) >= 11 is 0. The Hall–Kier alpha value is -1.16. The summed E-state index contributed by atoms with van der Waals surface area (Å²) in [5.41, 5.74) is 5.64. The smallest absolute Gasteiger partial charge is 0.141 e. The lowest BCUT2D eigenvalue weighted by atomic mass is 10.2. The maximum absolute atomic E-state index is 5.64. The van der Waals surface area contributed by atoms with Gasteiger partial charge in [-0.2, -0.15) is 5.10 Å². The van der Waals surface area contributed by atoms with Gasteiger partial charge >= 0.3 is 0 Å². The molecule has 0 aliphatic rings. The quantitative estimate of drug-likeness (QED) is 0.593. The molecule has 1 atom stereocenters. The summed E-state index contributed by atoms with van der Waals surface area (Å²) in [5.74, 6) is 0.708. The van der Waals surface area contributed by atoms with E-state index in [1.807, 2.05) is 0 Å². The molecule has 4 heteroatoms. The average molecular weight is 138 g/mol. The van der Waals surface area contributed by atoms with Gasteiger partial charge in [-0.1, -0.05) is 6.08 Å². The van der Waals surface area contributed by atoms with Crippen LogP contribution in [0.1, 0.15) is 18.3 Å². The Bertz CT molecular complexity index is 192. The zero-order valence-electron chi connectivity index (χ0n) is 5.62. The predicted octanol–water partition coefficient (Wildman–Crippen LogP) is 0.381. The van der Waals surface area contributed by atoms with E-state index in [-0.39, 0.29) is 6.04 Å². The van der Waals surface area contributed by atoms with Crippen LogP contribution >= 0.6 is 0 Å². The van der Waals surface area contributed by atoms with Crippen LogP contribution in [0.4, 0.5) is 0 Å². The number of nitrogens with zero attached hydrogens (tertiary/aromatic N) is 2. The summed E-state index contributed by atoms with van der Waals surface area (Å²) in [5, 5.41) is 6.36. The van der Waals surface area contributed by atoms with Gasteiger partial charge in [0.1, 0.15) is 12.2 Å². The van der Waals surface area contributed by atoms with Crippen LogP contribution in [0.15, 0.2) is 19.0 Å². The number of hydrogen-bond acceptors (Lipinski definition) is 3. The Morgan fingerprint density at radius 2 is 2.70 bits per heavy atom. The molecule has 0 spiro atoms. The minimum absolute atomic E-state index is 0.0972. The third kappa shape index (κ3) is 1.41. The Kier molecular flexibility index (Phi) is 2.17. The SMILES string of the molecule is C=CCC(N)c1ncn[nH]1. The van der Waals surface area contributed by atoms with Crippen LogP contribution in [-0.2, 0) is 0 Å². The van der Waals surface area contributed by atoms with Crippen molar-refractivity contribution in [2.24, 2.45) is 5.73 Å². The van der Waals surface area contributed by atoms with E-state index in [0.29, 0.717) is 5.82 Å². The van der Waals surface area contributed by atoms with E-state index in [2.05, 4.69) is 21.8 Å². The highest BCUT2D eigenvalue weighted by atomic mass is 15.2. The molecule has 10 heavy (non-hydrogen) atoms. The molecule has 0 radical (unpaired) electrons. The number of rotatable bonds is 3. The number of nitrogens with one attached hydrogen (secondary N) is 1. The van der Waals surface area contributed by atoms with E-state index >= 15 is 0 Å². The van der Waals surface area contributed by atoms with E-state index in [0.717, 1.165) is 6.42 Å². The van der Waals surface area contributed by atoms with Gasteiger partial charge in [-0.3, -0.25) is 5.10 Å². The number of nitrogens with two attached hydrogens (primary N) is 1. The summed E-state index contributed by atoms with van der Waals surface area (Å²) in [6.45, 7) is 3.57. The summed E-state index contributed by atoms with van der Waals surface area (Å²) in [7, 11) is 0. The highest BCUT2D eigenvalue weighted by Gasteiger charge is 2.04. The van der Waals surface area contributed by atoms with Crippen molar-refractivity contribution in [3.63, 3.8) is 0 Å². The second-order valence-corrected chi connectivity index (χ2v) is 2.00. The molecule has 3 N–H and O–H groups in total. The molecule has 0 fully saturated rings. The van der Waals surface area contributed by atoms with E-state index < -0.39 is 0 Å². The predicted molar refractivity (Wildman–Crippen MR) is 38.1 cm³/mol. The van der Waals surface area contributed by atoms with E-state index in [1.54, 1.807) is 6.08 Å². The molecule has 4 nitrogen and oxygen atoms in total. The highest BCUT2D eigenvalue weighted by molar-refractivity contribution is 4.92. The van der Waals surface area contributed by atoms with Crippen LogP contribution in [0.2, 0.25) is 0 Å². The third-order valence-corrected chi connectivity index (χ3v) is 1.21. The van der Waals surface area contributed by atoms with Crippen molar-refractivity contribution >= 4 is 0 Å². The molecule has 54 valence electrons. The number of H-pyrrole nitrogens is 1. The monoisotopic (exact) mass is 138 g/mol. The fraction of sp³-hybridized carbons (Fsp3) is 0.333. The highest BCUT2D eigenvalue weighted by Crippen LogP contribution is 2.06. The van der Waals surface area contributed by atoms with Gasteiger partial charge in [0.25, 0.3) is 0 Å². The van der Waals surface area contributed by atoms with Gasteiger partial charge < -0.3 is 5.73 Å². The fourth-order valence-corrected chi connectivity index (χ4v) is 0.685. The Morgan fingerprint density at radius 1 is 1.90 bits per heavy atom. The molecular weight excluding hydrogens is 128 g/mol. The first-order valence-corrected chi connectivity index (χ1v) is 3.06. The second-order valence-electron chi connectivity index (χ2n) is 2.00. The van der Waals surface area contributed by atoms with E-state index in [4.69, 9.17) is 5.73 Å². The van der Waals surface area contributed by atoms with Crippen molar-refractivity contribution in [1.29, 1.82) is 0 Å². The first-order chi connectivity index (χ1) is 4.84. The largest absolute Gasteiger partial charge is 0.321 e. The van der Waals surface area contributed by atoms with Crippen LogP contribution < -0.4 is 5.73 Å². The van der Waals surface area contributed by atoms with Crippen LogP contribution in [-0.4, -0.2) is 15.2 Å². The van der Waals surface area contributed by atoms with E-state index in [1.165, 1.54) is 6.33 Å². The summed E-state index contributed by atoms with van der Waals surface area (Å²) in [6.07, 6.45) is 3.92. The molecule has 0 aliphatic heterocycles. The number of aromatic amines is 1. The van der Waals surface area contributed by atoms with Crippen molar-refractivity contribution < 1.29 is 0 Å². The fourth-order valence-electron chi connectivity index (χ4n) is 0.685. The normalized spacial score (nSPS) is 12.9. The summed E-state index contributed by atoms with van der Waals surface area (Å²) in [4.78, 5) is 3.90. The maximum atomic E-state index is 5.64. The lowest BCUT2D eigenvalue weighted by Crippen LogP contribution is -2.10. The van der Waals surface area contributed by atoms with Crippen LogP contribution in [0.3, 0.4) is 0 Å². The topological polar surface area (TPSA) is 67.6 Å². The summed E-state index contributed by atoms with van der Waals surface area (Å²) < 4.78 is 0. The van der Waals surface area contributed by atoms with Crippen molar-refractivity contribution in [3.8, 4) is 0 Å². The Balaban J connectivity index is 2.58. The standard InChI is InChI=1S/C6H10N4/c1-2-3-5(7)6-8-4-9-10-6/h2,4-5H,1,3,7H2,(H,8,9,10). The van der Waals surface area contributed by atoms with Crippen LogP contribution in [0.25, 0.3) is 0 Å². The third-order valence-electron chi connectivity index (χ3n) is 1.21. The van der Waals surface area contributed by atoms with Crippen molar-refractivity contribution in [2.75, 3.05) is 0 Å². The zero-order chi connectivity index (χ0) is 7.40. The van der Waals surface area contributed by atoms with Gasteiger partial charge in [0, 0.05) is 0 Å². The molecule has 0 bridgehead atoms. The van der Waals surface area contributed by atoms with Crippen molar-refractivity contribution in [1.82, 2.24) is 15.2 Å². The first kappa shape index (κ1) is 6.95. The van der Waals surface area contributed by atoms with Crippen molar-refractivity contribution in [2.45, 2.75) is 12.5 Å². The Morgan fingerprint density at radius 3 is 3.20 bits per heavy atom. The molecule has 1 aromatic heterocycles. The zero-order valence-corrected chi connectivity index (χ0v) is 5.62. The summed E-state index contributed by atoms with van der Waals surface area (Å²) in [6, 6.07) is -0.0972. The molecule has 1 unspecified atom stereocenters. The van der Waals surface area contributed by atoms with Crippen LogP contribution in [0.5, 0.6) is 0 Å². The molecule has 0 saturated carbocycles. The molecule has 1 rings (SSSR count). The van der Waals surface area contributed by atoms with Gasteiger partial charge in [0.05, 0.1) is 6.04 Å². The molecule has 0 aromatic carbocycles.